The molecule has 9 rings (SSSR count). The Labute approximate surface area is 464 Å². The SMILES string of the molecule is O=C(S)c1cc(NS(=O)[O-])c(Oc2ccccc2)c(N2CCCC2)c1.O=C(S)c1cc(NS(=O)[O-])c(Oc2ccccc2)c(N2CCCC2)c1.O=S([O-])Nc1cc(C(=S)S)cc(N2CCCC2)c1Oc1ccccc1. The predicted molar refractivity (Wildman–Crippen MR) is 308 cm³/mol. The Morgan fingerprint density at radius 1 is 0.440 bits per heavy atom. The Kier molecular flexibility index (Phi) is 21.2. The molecule has 0 radical (unpaired) electrons. The smallest absolute Gasteiger partial charge is 0.216 e. The van der Waals surface area contributed by atoms with Gasteiger partial charge in [-0.1, -0.05) is 66.8 Å². The van der Waals surface area contributed by atoms with Crippen LogP contribution in [-0.2, 0) is 33.8 Å². The van der Waals surface area contributed by atoms with Crippen LogP contribution >= 0.6 is 50.1 Å². The summed E-state index contributed by atoms with van der Waals surface area (Å²) in [6.07, 6.45) is 6.27. The van der Waals surface area contributed by atoms with Crippen molar-refractivity contribution in [3.05, 3.63) is 144 Å². The second-order valence-electron chi connectivity index (χ2n) is 16.9. The molecular weight excluding hydrogens is 1100 g/mol. The summed E-state index contributed by atoms with van der Waals surface area (Å²) in [6.45, 7) is 5.02. The van der Waals surface area contributed by atoms with E-state index in [1.807, 2.05) is 72.8 Å². The van der Waals surface area contributed by atoms with Gasteiger partial charge in [0.05, 0.1) is 38.3 Å². The van der Waals surface area contributed by atoms with E-state index >= 15 is 0 Å². The molecule has 75 heavy (non-hydrogen) atoms. The highest BCUT2D eigenvalue weighted by atomic mass is 32.2. The molecule has 0 bridgehead atoms. The van der Waals surface area contributed by atoms with Crippen LogP contribution in [0.15, 0.2) is 127 Å². The molecule has 3 N–H and O–H groups in total. The highest BCUT2D eigenvalue weighted by molar-refractivity contribution is 8.11. The van der Waals surface area contributed by atoms with Gasteiger partial charge >= 0.3 is 0 Å². The number of thiocarbonyl (C=S) groups is 1. The number of rotatable bonds is 18. The summed E-state index contributed by atoms with van der Waals surface area (Å²) in [5, 5.41) is -0.877. The number of nitrogens with zero attached hydrogens (tertiary/aromatic N) is 3. The van der Waals surface area contributed by atoms with E-state index in [2.05, 4.69) is 66.8 Å². The van der Waals surface area contributed by atoms with Crippen LogP contribution in [0.5, 0.6) is 34.5 Å². The number of hydrogen-bond donors (Lipinski definition) is 6. The van der Waals surface area contributed by atoms with E-state index in [0.717, 1.165) is 83.5 Å². The average molecular weight is 1150 g/mol. The van der Waals surface area contributed by atoms with Crippen molar-refractivity contribution in [2.45, 2.75) is 38.5 Å². The van der Waals surface area contributed by atoms with Crippen LogP contribution in [0.1, 0.15) is 64.8 Å². The molecule has 3 heterocycles. The van der Waals surface area contributed by atoms with Crippen LogP contribution in [-0.4, -0.2) is 80.0 Å². The Morgan fingerprint density at radius 3 is 0.933 bits per heavy atom. The number of hydrogen-bond acceptors (Lipinski definition) is 15. The number of ether oxygens (including phenoxy) is 3. The average Bonchev–Trinajstić information content (AvgIpc) is 4.23. The van der Waals surface area contributed by atoms with Gasteiger partial charge in [0.2, 0.25) is 10.2 Å². The molecule has 0 aliphatic carbocycles. The maximum absolute atomic E-state index is 11.7. The number of benzene rings is 6. The molecule has 396 valence electrons. The fourth-order valence-corrected chi connectivity index (χ4v) is 9.93. The standard InChI is InChI=1S/2C17H18N2O4S2.C17H18N2O3S3/c2*20-17(24)12-10-14(18-25(21)22)16(23-13-6-2-1-3-7-13)15(11-12)19-8-4-5-9-19;20-25(21)18-14-10-12(17(23)24)11-15(19-8-4-5-9-19)16(14)22-13-6-2-1-3-7-13/h2*1-3,6-7,10-11,18H,4-5,8-9H2,(H,20,24)(H,21,22);1-3,6-7,10-11,18H,4-5,8-9H2,(H,20,21)(H,23,24)/p-3. The molecule has 17 nitrogen and oxygen atoms in total. The van der Waals surface area contributed by atoms with Gasteiger partial charge in [0, 0.05) is 89.8 Å². The number of anilines is 6. The molecule has 0 spiro atoms. The molecule has 3 fully saturated rings. The van der Waals surface area contributed by atoms with E-state index < -0.39 is 44.0 Å². The zero-order valence-corrected chi connectivity index (χ0v) is 45.9. The lowest BCUT2D eigenvalue weighted by atomic mass is 10.1. The molecule has 0 amide bonds. The van der Waals surface area contributed by atoms with Crippen molar-refractivity contribution in [3.8, 4) is 34.5 Å². The summed E-state index contributed by atoms with van der Waals surface area (Å²) in [5.74, 6) is 2.99. The van der Waals surface area contributed by atoms with Crippen LogP contribution in [0.25, 0.3) is 0 Å². The Bertz CT molecular complexity index is 2700. The lowest BCUT2D eigenvalue weighted by molar-refractivity contribution is 0.108. The quantitative estimate of drug-likeness (QED) is 0.0267. The van der Waals surface area contributed by atoms with Crippen molar-refractivity contribution in [3.63, 3.8) is 0 Å². The highest BCUT2D eigenvalue weighted by Gasteiger charge is 2.26. The second-order valence-corrected chi connectivity index (χ2v) is 20.9. The Balaban J connectivity index is 0.000000164. The first kappa shape index (κ1) is 57.0. The van der Waals surface area contributed by atoms with Gasteiger partial charge in [-0.15, -0.1) is 37.9 Å². The van der Waals surface area contributed by atoms with Gasteiger partial charge in [-0.3, -0.25) is 22.2 Å². The van der Waals surface area contributed by atoms with Crippen LogP contribution in [0, 0.1) is 0 Å². The molecule has 3 unspecified atom stereocenters. The molecule has 3 aliphatic heterocycles. The van der Waals surface area contributed by atoms with Gasteiger partial charge in [0.15, 0.2) is 17.2 Å². The van der Waals surface area contributed by atoms with E-state index in [4.69, 9.17) is 26.4 Å². The largest absolute Gasteiger partial charge is 0.755 e. The van der Waals surface area contributed by atoms with Gasteiger partial charge in [-0.2, -0.15) is 0 Å². The van der Waals surface area contributed by atoms with Crippen LogP contribution in [0.2, 0.25) is 0 Å². The minimum Gasteiger partial charge on any atom is -0.755 e. The summed E-state index contributed by atoms with van der Waals surface area (Å²) in [5.41, 5.74) is 4.20. The van der Waals surface area contributed by atoms with Gasteiger partial charge in [-0.25, -0.2) is 0 Å². The molecule has 0 saturated carbocycles. The summed E-state index contributed by atoms with van der Waals surface area (Å²) in [4.78, 5) is 29.8. The lowest BCUT2D eigenvalue weighted by Gasteiger charge is -2.25. The molecule has 6 aromatic carbocycles. The Hall–Kier alpha value is -5.67. The van der Waals surface area contributed by atoms with Gasteiger partial charge in [0.1, 0.15) is 17.2 Å². The summed E-state index contributed by atoms with van der Waals surface area (Å²) < 4.78 is 92.8. The minimum absolute atomic E-state index is 0.207. The van der Waals surface area contributed by atoms with E-state index in [0.29, 0.717) is 72.4 Å². The van der Waals surface area contributed by atoms with E-state index in [1.54, 1.807) is 42.5 Å². The van der Waals surface area contributed by atoms with Crippen molar-refractivity contribution in [2.24, 2.45) is 0 Å². The molecule has 3 atom stereocenters. The number of thiol groups is 3. The van der Waals surface area contributed by atoms with E-state index in [-0.39, 0.29) is 11.4 Å². The number of para-hydroxylation sites is 3. The van der Waals surface area contributed by atoms with Crippen molar-refractivity contribution in [2.75, 3.05) is 68.1 Å². The predicted octanol–water partition coefficient (Wildman–Crippen LogP) is 10.6. The maximum atomic E-state index is 11.7. The third-order valence-electron chi connectivity index (χ3n) is 11.8. The first-order chi connectivity index (χ1) is 36.1. The number of carbonyl (C=O) groups is 2. The normalized spacial score (nSPS) is 15.0. The first-order valence-corrected chi connectivity index (χ1v) is 28.4. The molecule has 0 aromatic heterocycles. The third kappa shape index (κ3) is 16.4. The summed E-state index contributed by atoms with van der Waals surface area (Å²) in [6, 6.07) is 37.2. The summed E-state index contributed by atoms with van der Waals surface area (Å²) >= 11 is 9.56. The monoisotopic (exact) mass is 1150 g/mol. The fourth-order valence-electron chi connectivity index (χ4n) is 8.43. The number of nitrogens with one attached hydrogen (secondary N) is 3. The van der Waals surface area contributed by atoms with Crippen LogP contribution in [0.3, 0.4) is 0 Å². The zero-order chi connectivity index (χ0) is 53.4. The van der Waals surface area contributed by atoms with Gasteiger partial charge in [-0.05, 0) is 111 Å². The van der Waals surface area contributed by atoms with Crippen LogP contribution in [0.4, 0.5) is 34.1 Å². The van der Waals surface area contributed by atoms with E-state index in [9.17, 15) is 35.9 Å². The molecule has 3 aliphatic rings. The molecular formula is C51H51N6O11S7-3. The molecule has 24 heteroatoms. The van der Waals surface area contributed by atoms with Gasteiger partial charge < -0.3 is 56.7 Å². The van der Waals surface area contributed by atoms with Crippen LogP contribution < -0.4 is 43.1 Å². The van der Waals surface area contributed by atoms with Crippen molar-refractivity contribution < 1.29 is 50.1 Å². The Morgan fingerprint density at radius 2 is 0.693 bits per heavy atom. The zero-order valence-electron chi connectivity index (χ0n) is 39.9. The topological polar surface area (TPSA) is 228 Å². The van der Waals surface area contributed by atoms with Gasteiger partial charge in [0.25, 0.3) is 0 Å². The van der Waals surface area contributed by atoms with Crippen molar-refractivity contribution in [1.82, 2.24) is 0 Å². The number of carbonyl (C=O) groups excluding carboxylic acids is 2. The first-order valence-electron chi connectivity index (χ1n) is 23.4. The highest BCUT2D eigenvalue weighted by Crippen LogP contribution is 2.45. The minimum atomic E-state index is -2.55. The second kappa shape index (κ2) is 27.9. The lowest BCUT2D eigenvalue weighted by Crippen LogP contribution is -2.19. The third-order valence-corrected chi connectivity index (χ3v) is 13.9. The maximum Gasteiger partial charge on any atom is 0.216 e. The molecule has 6 aromatic rings. The van der Waals surface area contributed by atoms with Crippen molar-refractivity contribution in [1.29, 1.82) is 0 Å². The summed E-state index contributed by atoms with van der Waals surface area (Å²) in [7, 11) is 0. The van der Waals surface area contributed by atoms with E-state index in [1.165, 1.54) is 12.1 Å². The van der Waals surface area contributed by atoms with Crippen molar-refractivity contribution >= 4 is 132 Å². The molecule has 3 saturated heterocycles. The fraction of sp³-hybridized carbons (Fsp3) is 0.235.